The van der Waals surface area contributed by atoms with Crippen LogP contribution in [0.25, 0.3) is 0 Å². The van der Waals surface area contributed by atoms with E-state index in [4.69, 9.17) is 0 Å². The van der Waals surface area contributed by atoms with Crippen LogP contribution in [-0.2, 0) is 13.1 Å². The van der Waals surface area contributed by atoms with Gasteiger partial charge in [0.15, 0.2) is 0 Å². The topological polar surface area (TPSA) is 41.1 Å². The number of hydrogen-bond donors (Lipinski definition) is 2. The van der Waals surface area contributed by atoms with Crippen molar-refractivity contribution in [3.05, 3.63) is 34.9 Å². The third-order valence-corrected chi connectivity index (χ3v) is 4.47. The highest BCUT2D eigenvalue weighted by molar-refractivity contribution is 5.95. The molecule has 0 bridgehead atoms. The third-order valence-electron chi connectivity index (χ3n) is 4.47. The normalized spacial score (nSPS) is 20.1. The van der Waals surface area contributed by atoms with Gasteiger partial charge >= 0.3 is 0 Å². The van der Waals surface area contributed by atoms with Gasteiger partial charge in [-0.1, -0.05) is 13.0 Å². The number of carbonyl (C=O) groups excluding carboxylic acids is 1. The molecule has 96 valence electrons. The lowest BCUT2D eigenvalue weighted by Gasteiger charge is -2.42. The summed E-state index contributed by atoms with van der Waals surface area (Å²) in [6, 6.07) is 6.06. The van der Waals surface area contributed by atoms with Gasteiger partial charge < -0.3 is 10.6 Å². The smallest absolute Gasteiger partial charge is 0.251 e. The minimum absolute atomic E-state index is 0.0777. The fraction of sp³-hybridized carbons (Fsp3) is 0.533. The SMILES string of the molecule is CCC1(NC(=O)c2ccc3c(c2)CNC3)CCC1. The highest BCUT2D eigenvalue weighted by Gasteiger charge is 2.36. The van der Waals surface area contributed by atoms with Crippen LogP contribution >= 0.6 is 0 Å². The molecule has 3 rings (SSSR count). The summed E-state index contributed by atoms with van der Waals surface area (Å²) in [6.45, 7) is 3.97. The van der Waals surface area contributed by atoms with Crippen molar-refractivity contribution in [3.8, 4) is 0 Å². The van der Waals surface area contributed by atoms with Crippen molar-refractivity contribution in [2.24, 2.45) is 0 Å². The van der Waals surface area contributed by atoms with E-state index in [-0.39, 0.29) is 11.4 Å². The van der Waals surface area contributed by atoms with Gasteiger partial charge in [-0.2, -0.15) is 0 Å². The summed E-state index contributed by atoms with van der Waals surface area (Å²) in [4.78, 5) is 12.3. The van der Waals surface area contributed by atoms with Crippen molar-refractivity contribution in [2.45, 2.75) is 51.2 Å². The van der Waals surface area contributed by atoms with Crippen LogP contribution in [0.15, 0.2) is 18.2 Å². The highest BCUT2D eigenvalue weighted by atomic mass is 16.1. The van der Waals surface area contributed by atoms with Crippen LogP contribution in [0.5, 0.6) is 0 Å². The Labute approximate surface area is 108 Å². The summed E-state index contributed by atoms with van der Waals surface area (Å²) in [5.74, 6) is 0.0891. The van der Waals surface area contributed by atoms with Crippen molar-refractivity contribution >= 4 is 5.91 Å². The standard InChI is InChI=1S/C15H20N2O/c1-2-15(6-3-7-15)17-14(18)11-4-5-12-9-16-10-13(12)8-11/h4-5,8,16H,2-3,6-7,9-10H2,1H3,(H,17,18). The maximum absolute atomic E-state index is 12.3. The second kappa shape index (κ2) is 4.39. The number of amides is 1. The molecular weight excluding hydrogens is 224 g/mol. The fourth-order valence-corrected chi connectivity index (χ4v) is 2.92. The number of rotatable bonds is 3. The maximum Gasteiger partial charge on any atom is 0.251 e. The molecule has 2 N–H and O–H groups in total. The first-order valence-electron chi connectivity index (χ1n) is 6.87. The Kier molecular flexibility index (Phi) is 2.86. The Morgan fingerprint density at radius 1 is 1.33 bits per heavy atom. The lowest BCUT2D eigenvalue weighted by atomic mass is 9.74. The first-order chi connectivity index (χ1) is 8.72. The highest BCUT2D eigenvalue weighted by Crippen LogP contribution is 2.34. The van der Waals surface area contributed by atoms with E-state index in [2.05, 4.69) is 23.6 Å². The number of carbonyl (C=O) groups is 1. The molecule has 1 fully saturated rings. The summed E-state index contributed by atoms with van der Waals surface area (Å²) in [5.41, 5.74) is 3.47. The van der Waals surface area contributed by atoms with Crippen LogP contribution in [0.2, 0.25) is 0 Å². The predicted octanol–water partition coefficient (Wildman–Crippen LogP) is 2.35. The van der Waals surface area contributed by atoms with E-state index in [1.165, 1.54) is 17.5 Å². The zero-order valence-corrected chi connectivity index (χ0v) is 10.9. The monoisotopic (exact) mass is 244 g/mol. The second-order valence-corrected chi connectivity index (χ2v) is 5.53. The lowest BCUT2D eigenvalue weighted by molar-refractivity contribution is 0.0820. The molecule has 1 aromatic rings. The largest absolute Gasteiger partial charge is 0.347 e. The summed E-state index contributed by atoms with van der Waals surface area (Å²) in [7, 11) is 0. The molecule has 18 heavy (non-hydrogen) atoms. The molecule has 0 aromatic heterocycles. The first-order valence-corrected chi connectivity index (χ1v) is 6.87. The number of benzene rings is 1. The van der Waals surface area contributed by atoms with Crippen molar-refractivity contribution in [1.29, 1.82) is 0 Å². The average molecular weight is 244 g/mol. The van der Waals surface area contributed by atoms with E-state index >= 15 is 0 Å². The lowest BCUT2D eigenvalue weighted by Crippen LogP contribution is -2.52. The minimum Gasteiger partial charge on any atom is -0.347 e. The van der Waals surface area contributed by atoms with E-state index in [1.54, 1.807) is 0 Å². The Morgan fingerprint density at radius 2 is 2.11 bits per heavy atom. The van der Waals surface area contributed by atoms with E-state index in [0.29, 0.717) is 0 Å². The molecule has 1 aliphatic heterocycles. The van der Waals surface area contributed by atoms with Crippen LogP contribution in [0, 0.1) is 0 Å². The predicted molar refractivity (Wildman–Crippen MR) is 71.3 cm³/mol. The van der Waals surface area contributed by atoms with Gasteiger partial charge in [0.25, 0.3) is 5.91 Å². The van der Waals surface area contributed by atoms with Crippen molar-refractivity contribution in [2.75, 3.05) is 0 Å². The first kappa shape index (κ1) is 11.7. The molecule has 0 saturated heterocycles. The van der Waals surface area contributed by atoms with E-state index in [9.17, 15) is 4.79 Å². The summed E-state index contributed by atoms with van der Waals surface area (Å²) >= 11 is 0. The molecular formula is C15H20N2O. The van der Waals surface area contributed by atoms with E-state index in [0.717, 1.165) is 37.9 Å². The Balaban J connectivity index is 1.76. The number of nitrogens with one attached hydrogen (secondary N) is 2. The van der Waals surface area contributed by atoms with Gasteiger partial charge in [0, 0.05) is 24.2 Å². The van der Waals surface area contributed by atoms with Crippen LogP contribution < -0.4 is 10.6 Å². The van der Waals surface area contributed by atoms with Gasteiger partial charge in [-0.25, -0.2) is 0 Å². The molecule has 0 spiro atoms. The molecule has 0 radical (unpaired) electrons. The molecule has 3 heteroatoms. The van der Waals surface area contributed by atoms with Crippen LogP contribution in [-0.4, -0.2) is 11.4 Å². The van der Waals surface area contributed by atoms with Crippen molar-refractivity contribution < 1.29 is 4.79 Å². The van der Waals surface area contributed by atoms with Crippen LogP contribution in [0.1, 0.15) is 54.1 Å². The molecule has 1 aliphatic carbocycles. The Morgan fingerprint density at radius 3 is 2.78 bits per heavy atom. The fourth-order valence-electron chi connectivity index (χ4n) is 2.92. The maximum atomic E-state index is 12.3. The molecule has 0 unspecified atom stereocenters. The second-order valence-electron chi connectivity index (χ2n) is 5.53. The van der Waals surface area contributed by atoms with Gasteiger partial charge in [0.1, 0.15) is 0 Å². The molecule has 0 atom stereocenters. The van der Waals surface area contributed by atoms with Crippen molar-refractivity contribution in [1.82, 2.24) is 10.6 Å². The molecule has 2 aliphatic rings. The molecule has 1 heterocycles. The Bertz CT molecular complexity index is 472. The van der Waals surface area contributed by atoms with Gasteiger partial charge in [-0.3, -0.25) is 4.79 Å². The quantitative estimate of drug-likeness (QED) is 0.857. The van der Waals surface area contributed by atoms with Gasteiger partial charge in [-0.05, 0) is 48.9 Å². The minimum atomic E-state index is 0.0777. The number of fused-ring (bicyclic) bond motifs is 1. The van der Waals surface area contributed by atoms with Crippen LogP contribution in [0.4, 0.5) is 0 Å². The van der Waals surface area contributed by atoms with E-state index < -0.39 is 0 Å². The average Bonchev–Trinajstić information content (AvgIpc) is 2.80. The van der Waals surface area contributed by atoms with Gasteiger partial charge in [0.2, 0.25) is 0 Å². The zero-order valence-electron chi connectivity index (χ0n) is 10.9. The van der Waals surface area contributed by atoms with Gasteiger partial charge in [-0.15, -0.1) is 0 Å². The number of hydrogen-bond acceptors (Lipinski definition) is 2. The molecule has 1 amide bonds. The molecule has 1 aromatic carbocycles. The third kappa shape index (κ3) is 1.93. The molecule has 1 saturated carbocycles. The van der Waals surface area contributed by atoms with E-state index in [1.807, 2.05) is 12.1 Å². The summed E-state index contributed by atoms with van der Waals surface area (Å²) < 4.78 is 0. The zero-order chi connectivity index (χ0) is 12.6. The van der Waals surface area contributed by atoms with Crippen molar-refractivity contribution in [3.63, 3.8) is 0 Å². The molecule has 3 nitrogen and oxygen atoms in total. The van der Waals surface area contributed by atoms with Gasteiger partial charge in [0.05, 0.1) is 0 Å². The summed E-state index contributed by atoms with van der Waals surface area (Å²) in [5, 5.41) is 6.53. The Hall–Kier alpha value is -1.35. The van der Waals surface area contributed by atoms with Crippen LogP contribution in [0.3, 0.4) is 0 Å². The summed E-state index contributed by atoms with van der Waals surface area (Å²) in [6.07, 6.45) is 4.52.